The summed E-state index contributed by atoms with van der Waals surface area (Å²) >= 11 is 0. The van der Waals surface area contributed by atoms with Gasteiger partial charge in [-0.2, -0.15) is 0 Å². The topological polar surface area (TPSA) is 88.1 Å². The first kappa shape index (κ1) is 25.8. The van der Waals surface area contributed by atoms with Gasteiger partial charge in [0.2, 0.25) is 0 Å². The minimum absolute atomic E-state index is 0.295. The Labute approximate surface area is 168 Å². The van der Waals surface area contributed by atoms with E-state index in [2.05, 4.69) is 19.7 Å². The highest BCUT2D eigenvalue weighted by Crippen LogP contribution is 2.28. The third-order valence-electron chi connectivity index (χ3n) is 4.01. The number of ether oxygens (including phenoxy) is 3. The van der Waals surface area contributed by atoms with Crippen LogP contribution in [0.4, 0.5) is 0 Å². The molecule has 0 aromatic rings. The summed E-state index contributed by atoms with van der Waals surface area (Å²) in [7, 11) is -2.19. The summed E-state index contributed by atoms with van der Waals surface area (Å²) in [5, 5.41) is 0. The summed E-state index contributed by atoms with van der Waals surface area (Å²) in [5.74, 6) is -1.34. The van der Waals surface area contributed by atoms with Crippen molar-refractivity contribution in [1.29, 1.82) is 0 Å². The molecule has 0 spiro atoms. The number of esters is 3. The molecule has 0 heterocycles. The Kier molecular flexibility index (Phi) is 14.6. The van der Waals surface area contributed by atoms with Gasteiger partial charge in [-0.1, -0.05) is 19.7 Å². The summed E-state index contributed by atoms with van der Waals surface area (Å²) in [6, 6.07) is 2.36. The first-order valence-electron chi connectivity index (χ1n) is 9.44. The van der Waals surface area contributed by atoms with Crippen molar-refractivity contribution in [2.24, 2.45) is 0 Å². The third kappa shape index (κ3) is 12.2. The summed E-state index contributed by atoms with van der Waals surface area (Å²) < 4.78 is 21.4. The molecule has 0 aromatic heterocycles. The summed E-state index contributed by atoms with van der Waals surface area (Å²) in [5.41, 5.74) is 0. The van der Waals surface area contributed by atoms with Crippen molar-refractivity contribution < 1.29 is 33.0 Å². The Morgan fingerprint density at radius 2 is 1.04 bits per heavy atom. The largest absolute Gasteiger partial charge is 0.463 e. The molecule has 0 bridgehead atoms. The van der Waals surface area contributed by atoms with E-state index in [0.717, 1.165) is 36.4 Å². The first-order valence-corrected chi connectivity index (χ1v) is 12.0. The zero-order valence-electron chi connectivity index (χ0n) is 16.8. The van der Waals surface area contributed by atoms with Crippen LogP contribution in [0.1, 0.15) is 26.2 Å². The van der Waals surface area contributed by atoms with Crippen molar-refractivity contribution in [2.45, 2.75) is 44.3 Å². The fourth-order valence-electron chi connectivity index (χ4n) is 2.78. The molecule has 0 radical (unpaired) electrons. The van der Waals surface area contributed by atoms with E-state index in [-0.39, 0.29) is 0 Å². The molecule has 0 rings (SSSR count). The fraction of sp³-hybridized carbons (Fsp3) is 0.550. The van der Waals surface area contributed by atoms with Crippen LogP contribution >= 0.6 is 0 Å². The van der Waals surface area contributed by atoms with Gasteiger partial charge in [-0.3, -0.25) is 0 Å². The van der Waals surface area contributed by atoms with Crippen LogP contribution in [-0.2, 0) is 33.0 Å². The minimum atomic E-state index is -2.19. The molecular weight excluding hydrogens is 380 g/mol. The molecule has 0 amide bonds. The van der Waals surface area contributed by atoms with Crippen molar-refractivity contribution in [3.05, 3.63) is 38.0 Å². The van der Waals surface area contributed by atoms with E-state index < -0.39 is 26.2 Å². The van der Waals surface area contributed by atoms with E-state index in [1.54, 1.807) is 0 Å². The molecule has 0 saturated heterocycles. The number of carbonyl (C=O) groups is 3. The highest BCUT2D eigenvalue weighted by molar-refractivity contribution is 6.73. The maximum atomic E-state index is 11.2. The average molecular weight is 413 g/mol. The van der Waals surface area contributed by atoms with Crippen LogP contribution in [0.15, 0.2) is 38.0 Å². The van der Waals surface area contributed by atoms with Gasteiger partial charge < -0.3 is 18.6 Å². The van der Waals surface area contributed by atoms with E-state index in [9.17, 15) is 14.4 Å². The van der Waals surface area contributed by atoms with E-state index >= 15 is 0 Å². The molecule has 0 fully saturated rings. The van der Waals surface area contributed by atoms with Crippen LogP contribution in [0.2, 0.25) is 18.1 Å². The van der Waals surface area contributed by atoms with Crippen LogP contribution in [0.25, 0.3) is 0 Å². The smallest absolute Gasteiger partial charge is 0.330 e. The second kappa shape index (κ2) is 15.8. The average Bonchev–Trinajstić information content (AvgIpc) is 2.71. The molecule has 8 heteroatoms. The molecule has 7 nitrogen and oxygen atoms in total. The molecule has 0 aliphatic heterocycles. The molecule has 158 valence electrons. The van der Waals surface area contributed by atoms with Gasteiger partial charge in [0.25, 0.3) is 0 Å². The predicted molar refractivity (Wildman–Crippen MR) is 109 cm³/mol. The van der Waals surface area contributed by atoms with E-state index in [0.29, 0.717) is 45.7 Å². The van der Waals surface area contributed by atoms with Gasteiger partial charge in [-0.05, 0) is 44.3 Å². The number of hydrogen-bond acceptors (Lipinski definition) is 7. The standard InChI is InChI=1S/C20H32O7Si/c1-5-18(21)24-12-9-15-28(27-8-4,16-10-13-25-19(22)6-2)17-11-14-26-20(23)7-3/h5-7H,1-3,8-17H2,4H3. The fourth-order valence-corrected chi connectivity index (χ4v) is 6.94. The van der Waals surface area contributed by atoms with Crippen molar-refractivity contribution in [3.63, 3.8) is 0 Å². The highest BCUT2D eigenvalue weighted by Gasteiger charge is 2.33. The van der Waals surface area contributed by atoms with Crippen LogP contribution in [0, 0.1) is 0 Å². The maximum absolute atomic E-state index is 11.2. The molecule has 0 atom stereocenters. The SMILES string of the molecule is C=CC(=O)OCCC[Si](CCCOC(=O)C=C)(CCCOC(=O)C=C)OCC. The second-order valence-electron chi connectivity index (χ2n) is 6.04. The summed E-state index contributed by atoms with van der Waals surface area (Å²) in [6.07, 6.45) is 5.42. The van der Waals surface area contributed by atoms with Crippen molar-refractivity contribution in [2.75, 3.05) is 26.4 Å². The van der Waals surface area contributed by atoms with Crippen molar-refractivity contribution in [3.8, 4) is 0 Å². The molecule has 0 aliphatic rings. The molecule has 0 saturated carbocycles. The molecule has 0 unspecified atom stereocenters. The third-order valence-corrected chi connectivity index (χ3v) is 8.71. The second-order valence-corrected chi connectivity index (χ2v) is 10.2. The zero-order chi connectivity index (χ0) is 21.3. The Balaban J connectivity index is 4.76. The number of rotatable bonds is 17. The molecule has 0 N–H and O–H groups in total. The van der Waals surface area contributed by atoms with Crippen LogP contribution < -0.4 is 0 Å². The Bertz CT molecular complexity index is 461. The van der Waals surface area contributed by atoms with E-state index in [1.807, 2.05) is 6.92 Å². The van der Waals surface area contributed by atoms with Gasteiger partial charge in [0.1, 0.15) is 0 Å². The monoisotopic (exact) mass is 412 g/mol. The quantitative estimate of drug-likeness (QED) is 0.119. The van der Waals surface area contributed by atoms with Gasteiger partial charge in [0.15, 0.2) is 8.32 Å². The first-order chi connectivity index (χ1) is 13.4. The number of hydrogen-bond donors (Lipinski definition) is 0. The predicted octanol–water partition coefficient (Wildman–Crippen LogP) is 3.33. The van der Waals surface area contributed by atoms with Crippen LogP contribution in [0.3, 0.4) is 0 Å². The van der Waals surface area contributed by atoms with Gasteiger partial charge in [-0.25, -0.2) is 14.4 Å². The van der Waals surface area contributed by atoms with Gasteiger partial charge >= 0.3 is 17.9 Å². The molecule has 0 aromatic carbocycles. The lowest BCUT2D eigenvalue weighted by Crippen LogP contribution is -2.39. The van der Waals surface area contributed by atoms with Gasteiger partial charge in [0, 0.05) is 24.8 Å². The Hall–Kier alpha value is -2.19. The Morgan fingerprint density at radius 3 is 1.29 bits per heavy atom. The summed E-state index contributed by atoms with van der Waals surface area (Å²) in [4.78, 5) is 33.6. The molecule has 28 heavy (non-hydrogen) atoms. The van der Waals surface area contributed by atoms with Crippen LogP contribution in [0.5, 0.6) is 0 Å². The number of carbonyl (C=O) groups excluding carboxylic acids is 3. The van der Waals surface area contributed by atoms with Crippen molar-refractivity contribution >= 4 is 26.2 Å². The lowest BCUT2D eigenvalue weighted by molar-refractivity contribution is -0.138. The highest BCUT2D eigenvalue weighted by atomic mass is 28.4. The van der Waals surface area contributed by atoms with Crippen molar-refractivity contribution in [1.82, 2.24) is 0 Å². The van der Waals surface area contributed by atoms with E-state index in [1.165, 1.54) is 0 Å². The molecule has 0 aliphatic carbocycles. The Morgan fingerprint density at radius 1 is 0.714 bits per heavy atom. The normalized spacial score (nSPS) is 10.6. The molecular formula is C20H32O7Si. The van der Waals surface area contributed by atoms with Gasteiger partial charge in [-0.15, -0.1) is 0 Å². The lowest BCUT2D eigenvalue weighted by atomic mass is 10.5. The minimum Gasteiger partial charge on any atom is -0.463 e. The van der Waals surface area contributed by atoms with E-state index in [4.69, 9.17) is 18.6 Å². The van der Waals surface area contributed by atoms with Crippen LogP contribution in [-0.4, -0.2) is 52.7 Å². The van der Waals surface area contributed by atoms with Gasteiger partial charge in [0.05, 0.1) is 19.8 Å². The lowest BCUT2D eigenvalue weighted by Gasteiger charge is -2.31. The maximum Gasteiger partial charge on any atom is 0.330 e. The zero-order valence-corrected chi connectivity index (χ0v) is 17.8. The summed E-state index contributed by atoms with van der Waals surface area (Å²) in [6.45, 7) is 13.5.